The van der Waals surface area contributed by atoms with Gasteiger partial charge in [0, 0.05) is 30.5 Å². The molecule has 0 aliphatic carbocycles. The van der Waals surface area contributed by atoms with Gasteiger partial charge in [0.1, 0.15) is 0 Å². The highest BCUT2D eigenvalue weighted by molar-refractivity contribution is 5.94. The van der Waals surface area contributed by atoms with Crippen molar-refractivity contribution in [3.8, 4) is 0 Å². The SMILES string of the molecule is Cc1ccc(C)n1C1CCN(C(=O)c2ccc(F)c(F)c2F)CC1. The monoisotopic (exact) mass is 336 g/mol. The number of rotatable bonds is 2. The molecule has 1 aliphatic heterocycles. The standard InChI is InChI=1S/C18H19F3N2O/c1-11-3-4-12(2)23(11)13-7-9-22(10-8-13)18(24)14-5-6-15(19)17(21)16(14)20/h3-6,13H,7-10H2,1-2H3. The fourth-order valence-corrected chi connectivity index (χ4v) is 3.44. The van der Waals surface area contributed by atoms with Crippen molar-refractivity contribution < 1.29 is 18.0 Å². The predicted octanol–water partition coefficient (Wildman–Crippen LogP) is 4.00. The van der Waals surface area contributed by atoms with E-state index in [2.05, 4.69) is 16.7 Å². The third-order valence-corrected chi connectivity index (χ3v) is 4.71. The molecule has 0 N–H and O–H groups in total. The molecule has 1 aromatic heterocycles. The fourth-order valence-electron chi connectivity index (χ4n) is 3.44. The van der Waals surface area contributed by atoms with E-state index in [0.717, 1.165) is 25.0 Å². The van der Waals surface area contributed by atoms with Gasteiger partial charge in [0.15, 0.2) is 17.5 Å². The van der Waals surface area contributed by atoms with Crippen LogP contribution in [0, 0.1) is 31.3 Å². The lowest BCUT2D eigenvalue weighted by molar-refractivity contribution is 0.0687. The molecule has 0 spiro atoms. The molecule has 6 heteroatoms. The quantitative estimate of drug-likeness (QED) is 0.761. The van der Waals surface area contributed by atoms with Crippen LogP contribution in [0.4, 0.5) is 13.2 Å². The van der Waals surface area contributed by atoms with Crippen molar-refractivity contribution in [2.75, 3.05) is 13.1 Å². The molecule has 0 unspecified atom stereocenters. The maximum Gasteiger partial charge on any atom is 0.256 e. The van der Waals surface area contributed by atoms with E-state index < -0.39 is 28.9 Å². The highest BCUT2D eigenvalue weighted by Crippen LogP contribution is 2.27. The van der Waals surface area contributed by atoms with Crippen molar-refractivity contribution in [3.05, 3.63) is 58.7 Å². The summed E-state index contributed by atoms with van der Waals surface area (Å²) < 4.78 is 42.4. The van der Waals surface area contributed by atoms with Crippen LogP contribution in [-0.4, -0.2) is 28.5 Å². The number of aromatic nitrogens is 1. The van der Waals surface area contributed by atoms with E-state index in [0.29, 0.717) is 19.1 Å². The average Bonchev–Trinajstić information content (AvgIpc) is 2.91. The Bertz CT molecular complexity index is 757. The summed E-state index contributed by atoms with van der Waals surface area (Å²) in [6.45, 7) is 5.00. The normalized spacial score (nSPS) is 15.8. The number of benzene rings is 1. The first-order chi connectivity index (χ1) is 11.4. The number of hydrogen-bond donors (Lipinski definition) is 0. The van der Waals surface area contributed by atoms with Gasteiger partial charge in [0.05, 0.1) is 5.56 Å². The minimum atomic E-state index is -1.60. The number of nitrogens with zero attached hydrogens (tertiary/aromatic N) is 2. The van der Waals surface area contributed by atoms with Gasteiger partial charge >= 0.3 is 0 Å². The molecule has 0 bridgehead atoms. The van der Waals surface area contributed by atoms with Crippen LogP contribution < -0.4 is 0 Å². The second kappa shape index (κ2) is 6.34. The summed E-state index contributed by atoms with van der Waals surface area (Å²) in [4.78, 5) is 13.9. The Morgan fingerprint density at radius 2 is 1.54 bits per heavy atom. The third kappa shape index (κ3) is 2.81. The second-order valence-corrected chi connectivity index (χ2v) is 6.23. The Balaban J connectivity index is 1.73. The van der Waals surface area contributed by atoms with Crippen LogP contribution in [0.25, 0.3) is 0 Å². The lowest BCUT2D eigenvalue weighted by atomic mass is 10.0. The molecule has 2 heterocycles. The van der Waals surface area contributed by atoms with Crippen molar-refractivity contribution in [3.63, 3.8) is 0 Å². The molecule has 3 rings (SSSR count). The molecule has 0 saturated carbocycles. The van der Waals surface area contributed by atoms with Gasteiger partial charge in [0.2, 0.25) is 0 Å². The van der Waals surface area contributed by atoms with E-state index in [4.69, 9.17) is 0 Å². The Morgan fingerprint density at radius 3 is 2.12 bits per heavy atom. The predicted molar refractivity (Wildman–Crippen MR) is 84.4 cm³/mol. The van der Waals surface area contributed by atoms with E-state index in [-0.39, 0.29) is 0 Å². The Hall–Kier alpha value is -2.24. The van der Waals surface area contributed by atoms with Crippen molar-refractivity contribution in [2.24, 2.45) is 0 Å². The van der Waals surface area contributed by atoms with Crippen LogP contribution in [0.15, 0.2) is 24.3 Å². The van der Waals surface area contributed by atoms with Gasteiger partial charge < -0.3 is 9.47 Å². The smallest absolute Gasteiger partial charge is 0.256 e. The first kappa shape index (κ1) is 16.6. The van der Waals surface area contributed by atoms with E-state index in [9.17, 15) is 18.0 Å². The number of halogens is 3. The number of piperidine rings is 1. The maximum atomic E-state index is 13.8. The highest BCUT2D eigenvalue weighted by atomic mass is 19.2. The van der Waals surface area contributed by atoms with Crippen LogP contribution in [0.5, 0.6) is 0 Å². The van der Waals surface area contributed by atoms with Crippen molar-refractivity contribution >= 4 is 5.91 Å². The number of hydrogen-bond acceptors (Lipinski definition) is 1. The Labute approximate surface area is 138 Å². The van der Waals surface area contributed by atoms with Crippen LogP contribution in [0.1, 0.15) is 40.6 Å². The zero-order chi connectivity index (χ0) is 17.4. The minimum absolute atomic E-state index is 0.291. The zero-order valence-electron chi connectivity index (χ0n) is 13.7. The van der Waals surface area contributed by atoms with E-state index >= 15 is 0 Å². The molecular weight excluding hydrogens is 317 g/mol. The molecule has 3 nitrogen and oxygen atoms in total. The van der Waals surface area contributed by atoms with Crippen molar-refractivity contribution in [1.82, 2.24) is 9.47 Å². The molecule has 1 aliphatic rings. The third-order valence-electron chi connectivity index (χ3n) is 4.71. The number of carbonyl (C=O) groups excluding carboxylic acids is 1. The first-order valence-corrected chi connectivity index (χ1v) is 7.97. The van der Waals surface area contributed by atoms with E-state index in [1.165, 1.54) is 16.3 Å². The van der Waals surface area contributed by atoms with Gasteiger partial charge in [-0.3, -0.25) is 4.79 Å². The van der Waals surface area contributed by atoms with Gasteiger partial charge in [-0.1, -0.05) is 0 Å². The Kier molecular flexibility index (Phi) is 4.39. The molecule has 1 amide bonds. The number of carbonyl (C=O) groups is 1. The summed E-state index contributed by atoms with van der Waals surface area (Å²) in [7, 11) is 0. The fraction of sp³-hybridized carbons (Fsp3) is 0.389. The maximum absolute atomic E-state index is 13.8. The molecule has 1 saturated heterocycles. The summed E-state index contributed by atoms with van der Waals surface area (Å²) in [6.07, 6.45) is 1.49. The molecule has 24 heavy (non-hydrogen) atoms. The topological polar surface area (TPSA) is 25.2 Å². The van der Waals surface area contributed by atoms with Gasteiger partial charge in [-0.2, -0.15) is 0 Å². The van der Waals surface area contributed by atoms with Crippen molar-refractivity contribution in [1.29, 1.82) is 0 Å². The number of aryl methyl sites for hydroxylation is 2. The minimum Gasteiger partial charge on any atom is -0.346 e. The summed E-state index contributed by atoms with van der Waals surface area (Å²) in [6, 6.07) is 6.19. The molecule has 2 aromatic rings. The number of amides is 1. The largest absolute Gasteiger partial charge is 0.346 e. The lowest BCUT2D eigenvalue weighted by Crippen LogP contribution is -2.39. The van der Waals surface area contributed by atoms with Crippen LogP contribution in [-0.2, 0) is 0 Å². The van der Waals surface area contributed by atoms with Crippen LogP contribution >= 0.6 is 0 Å². The molecule has 1 fully saturated rings. The molecular formula is C18H19F3N2O. The average molecular weight is 336 g/mol. The first-order valence-electron chi connectivity index (χ1n) is 7.97. The highest BCUT2D eigenvalue weighted by Gasteiger charge is 2.28. The summed E-state index contributed by atoms with van der Waals surface area (Å²) in [5.74, 6) is -4.90. The molecule has 0 atom stereocenters. The number of likely N-dealkylation sites (tertiary alicyclic amines) is 1. The van der Waals surface area contributed by atoms with Gasteiger partial charge in [-0.05, 0) is 51.0 Å². The van der Waals surface area contributed by atoms with Gasteiger partial charge in [-0.25, -0.2) is 13.2 Å². The van der Waals surface area contributed by atoms with E-state index in [1.807, 2.05) is 13.8 Å². The summed E-state index contributed by atoms with van der Waals surface area (Å²) in [5.41, 5.74) is 1.92. The van der Waals surface area contributed by atoms with Crippen LogP contribution in [0.3, 0.4) is 0 Å². The molecule has 128 valence electrons. The second-order valence-electron chi connectivity index (χ2n) is 6.23. The van der Waals surface area contributed by atoms with Crippen LogP contribution in [0.2, 0.25) is 0 Å². The van der Waals surface area contributed by atoms with Gasteiger partial charge in [0.25, 0.3) is 5.91 Å². The molecule has 1 aromatic carbocycles. The van der Waals surface area contributed by atoms with Crippen molar-refractivity contribution in [2.45, 2.75) is 32.7 Å². The zero-order valence-corrected chi connectivity index (χ0v) is 13.7. The summed E-state index contributed by atoms with van der Waals surface area (Å²) >= 11 is 0. The lowest BCUT2D eigenvalue weighted by Gasteiger charge is -2.34. The Morgan fingerprint density at radius 1 is 0.958 bits per heavy atom. The van der Waals surface area contributed by atoms with Gasteiger partial charge in [-0.15, -0.1) is 0 Å². The summed E-state index contributed by atoms with van der Waals surface area (Å²) in [5, 5.41) is 0. The van der Waals surface area contributed by atoms with E-state index in [1.54, 1.807) is 0 Å². The molecule has 0 radical (unpaired) electrons.